The average Bonchev–Trinajstić information content (AvgIpc) is 0.761. The molecule has 9 saturated heterocycles. The van der Waals surface area contributed by atoms with Crippen LogP contribution in [0, 0.1) is 17.8 Å². The van der Waals surface area contributed by atoms with Gasteiger partial charge in [-0.15, -0.1) is 5.92 Å². The van der Waals surface area contributed by atoms with Crippen LogP contribution in [-0.4, -0.2) is 520 Å². The monoisotopic (exact) mass is 2060 g/mol. The van der Waals surface area contributed by atoms with E-state index < -0.39 is 399 Å². The van der Waals surface area contributed by atoms with Crippen LogP contribution in [0.15, 0.2) is 0 Å². The van der Waals surface area contributed by atoms with Crippen molar-refractivity contribution < 1.29 is 325 Å². The first kappa shape index (κ1) is 122. The van der Waals surface area contributed by atoms with E-state index in [1.807, 2.05) is 10.9 Å². The zero-order chi connectivity index (χ0) is 101. The van der Waals surface area contributed by atoms with Crippen LogP contribution < -0.4 is 107 Å². The van der Waals surface area contributed by atoms with Crippen molar-refractivity contribution in [2.45, 2.75) is 343 Å². The van der Waals surface area contributed by atoms with E-state index in [-0.39, 0.29) is 77.4 Å². The molecule has 140 heavy (non-hydrogen) atoms. The molecule has 50 atom stereocenters. The van der Waals surface area contributed by atoms with E-state index >= 15 is 0 Å². The summed E-state index contributed by atoms with van der Waals surface area (Å²) >= 11 is 0. The number of methoxy groups -OCH3 is 2. The number of rotatable bonds is 33. The van der Waals surface area contributed by atoms with E-state index in [2.05, 4.69) is 21.3 Å². The van der Waals surface area contributed by atoms with Gasteiger partial charge < -0.3 is 249 Å². The molecule has 10 aliphatic rings. The molecule has 0 aromatic carbocycles. The van der Waals surface area contributed by atoms with Crippen LogP contribution in [0.5, 0.6) is 0 Å². The maximum atomic E-state index is 14.7. The number of carboxylic acids is 1. The van der Waals surface area contributed by atoms with Gasteiger partial charge in [0.1, 0.15) is 214 Å². The fourth-order valence-electron chi connectivity index (χ4n) is 17.3. The maximum Gasteiger partial charge on any atom is 1.00 e. The summed E-state index contributed by atoms with van der Waals surface area (Å²) in [6.07, 6.45) is -93.3. The van der Waals surface area contributed by atoms with Crippen molar-refractivity contribution in [3.63, 3.8) is 0 Å². The van der Waals surface area contributed by atoms with Crippen LogP contribution >= 0.6 is 0 Å². The molecule has 9 heterocycles. The van der Waals surface area contributed by atoms with Gasteiger partial charge in [-0.1, -0.05) is 13.8 Å². The van der Waals surface area contributed by atoms with E-state index in [1.54, 1.807) is 17.1 Å². The normalized spacial score (nSPS) is 44.2. The molecule has 20 unspecified atom stereocenters. The number of carboxylic acid groups (broad SMARTS) is 1. The molecular formula is C76H121N8Na2O54-. The van der Waals surface area contributed by atoms with Gasteiger partial charge in [0.15, 0.2) is 68.8 Å². The predicted octanol–water partition coefficient (Wildman–Crippen LogP) is -27.1. The molecular weight excluding hydrogens is 1930 g/mol. The summed E-state index contributed by atoms with van der Waals surface area (Å²) in [6, 6.07) is -7.01. The van der Waals surface area contributed by atoms with Gasteiger partial charge in [0.2, 0.25) is 23.6 Å². The third kappa shape index (κ3) is 28.1. The SMILES string of the molecule is CC[C@@H]1C(C(=O)[O-])O[C@@H](O[C@@H]2C(NC(C)=O)[C@H](O[C@@H]3C(C(=O)NNC(=O)OCC4O[C@H](O[C@H]5OC(COC(=O)NNC(=O)C6O[C@@H](O[C@@H]7C(NC(C)=O)[C@H](OC)OC(CO)[C@H]7O)C(O)[C@@H](O)[C@@H]6O[C@@H]6OC(CO)[C@@H](O)[C@H](O[C@@H]7CC([C-]=O)[C@@H](C)[C@H](O)C7O)C6NC(C)=O)[C@@H](O)[C@H](O)C5O)C(O)[C@@H](O)[C@@H]4O)O[C@@H](O[C@@H]4C(NC(C)=O)[C@H](OC)OC(CO)[C@H]4O)C(O)[C@H]3O)OC(CO)[C@H]2O)C(O)[C@H]1O.[Na+].[Na+].[OH-]. The summed E-state index contributed by atoms with van der Waals surface area (Å²) in [5.41, 5.74) is 7.19. The van der Waals surface area contributed by atoms with Gasteiger partial charge in [0.25, 0.3) is 11.8 Å². The van der Waals surface area contributed by atoms with Crippen LogP contribution in [0.1, 0.15) is 54.4 Å². The second-order valence-electron chi connectivity index (χ2n) is 33.9. The summed E-state index contributed by atoms with van der Waals surface area (Å²) < 4.78 is 114. The Balaban J connectivity index is 0.00000888. The Bertz CT molecular complexity index is 3970. The quantitative estimate of drug-likeness (QED) is 0.0165. The fraction of sp³-hybridized carbons (Fsp3) is 0.868. The Morgan fingerprint density at radius 3 is 0.950 bits per heavy atom. The van der Waals surface area contributed by atoms with Gasteiger partial charge in [-0.05, 0) is 18.8 Å². The summed E-state index contributed by atoms with van der Waals surface area (Å²) in [6.45, 7) is 0.0924. The predicted molar refractivity (Wildman–Crippen MR) is 422 cm³/mol. The van der Waals surface area contributed by atoms with E-state index in [0.717, 1.165) is 41.9 Å². The molecule has 1 aliphatic carbocycles. The molecule has 31 N–H and O–H groups in total. The number of hydrogen-bond donors (Lipinski definition) is 30. The topological polar surface area (TPSA) is 950 Å². The largest absolute Gasteiger partial charge is 1.00 e. The van der Waals surface area contributed by atoms with Crippen molar-refractivity contribution in [3.05, 3.63) is 0 Å². The minimum atomic E-state index is -2.58. The molecule has 8 amide bonds. The molecule has 62 nitrogen and oxygen atoms in total. The van der Waals surface area contributed by atoms with Gasteiger partial charge in [-0.2, -0.15) is 0 Å². The van der Waals surface area contributed by atoms with Crippen LogP contribution in [0.2, 0.25) is 0 Å². The molecule has 10 rings (SSSR count). The van der Waals surface area contributed by atoms with Crippen molar-refractivity contribution >= 4 is 59.9 Å². The number of aliphatic hydroxyl groups excluding tert-OH is 22. The van der Waals surface area contributed by atoms with Gasteiger partial charge in [-0.3, -0.25) is 45.9 Å². The van der Waals surface area contributed by atoms with Gasteiger partial charge in [0.05, 0.1) is 50.7 Å². The molecule has 1 saturated carbocycles. The number of carbonyl (C=O) groups excluding carboxylic acids is 10. The Kier molecular flexibility index (Phi) is 47.1. The van der Waals surface area contributed by atoms with Crippen molar-refractivity contribution in [2.75, 3.05) is 53.9 Å². The summed E-state index contributed by atoms with van der Waals surface area (Å²) in [4.78, 5) is 132. The number of aliphatic hydroxyl groups is 22. The molecule has 0 spiro atoms. The standard InChI is InChI=1S/C76H121N8O53.2Na.H2O/c1-9-24-37(95)49(107)72(129-54(24)65(114)115)132-58-35(80-22(6)93)69(126-29(15-89)44(58)102)134-60-48(106)53(111)74(131-57-33(78-20(4)91)67(119-8)124-27(13-87)43(57)101)136-62(60)64(113)82-84-76(117)121-17-31-40(98)46(104)51(109)71(128-31)137-70-50(108)45(103)39(97)30(127-70)16-120-75(116)83-81-63(112)61-59(47(105)52(110)73(135-61)130-56-32(77-19(3)90)66(118-7)123-26(12-86)42(56)100)133-68-34(79-21(5)92)55(41(99)28(14-88)125-68)122-25-10-23(11-85)18(2)36(94)38(25)96;;;/h18,23-62,66-74,86-89,94-111H,9-10,12-17H2,1-8H3,(H,77,90)(H,78,91)(H,79,92)(H,80,93)(H,81,112)(H,82,113)(H,83,116)(H,84,117)(H,114,115);;;1H2/q-1;2*+1;/p-2/t18-,23?,24+,25-,26?,27?,28?,29?,30?,31?,32?,33?,34?,35?,36+,37+,38?,39-,40-,41-,42-,43-,44-,45+,46+,47-,48-,49?,50?,51?,52?,53?,54?,55-,56-,57-,58-,59+,60+,61?,62?,66-,67-,68+,69+,70-,71-,72+,73-,74-;;;/m1.../s1. The van der Waals surface area contributed by atoms with Gasteiger partial charge >= 0.3 is 71.3 Å². The average molecular weight is 2060 g/mol. The second kappa shape index (κ2) is 54.2. The number of hydrazine groups is 2. The second-order valence-corrected chi connectivity index (χ2v) is 33.9. The first-order valence-corrected chi connectivity index (χ1v) is 43.1. The summed E-state index contributed by atoms with van der Waals surface area (Å²) in [5.74, 6) is -12.0. The fourth-order valence-corrected chi connectivity index (χ4v) is 17.3. The number of nitrogens with one attached hydrogen (secondary N) is 8. The number of aliphatic carboxylic acids is 1. The molecule has 64 heteroatoms. The molecule has 0 aromatic heterocycles. The Labute approximate surface area is 837 Å². The molecule has 10 fully saturated rings. The molecule has 0 radical (unpaired) electrons. The number of ether oxygens (including phenoxy) is 20. The van der Waals surface area contributed by atoms with Crippen molar-refractivity contribution in [3.8, 4) is 0 Å². The van der Waals surface area contributed by atoms with Gasteiger partial charge in [0, 0.05) is 47.8 Å². The summed E-state index contributed by atoms with van der Waals surface area (Å²) in [7, 11) is 2.16. The molecule has 0 bridgehead atoms. The third-order valence-electron chi connectivity index (χ3n) is 24.7. The van der Waals surface area contributed by atoms with E-state index in [4.69, 9.17) is 94.7 Å². The van der Waals surface area contributed by atoms with Crippen LogP contribution in [0.3, 0.4) is 0 Å². The number of amides is 8. The molecule has 0 aromatic rings. The van der Waals surface area contributed by atoms with E-state index in [0.29, 0.717) is 0 Å². The third-order valence-corrected chi connectivity index (χ3v) is 24.7. The zero-order valence-corrected chi connectivity index (χ0v) is 80.5. The number of hydrogen-bond acceptors (Lipinski definition) is 54. The Morgan fingerprint density at radius 1 is 0.343 bits per heavy atom. The minimum Gasteiger partial charge on any atom is -0.870 e. The van der Waals surface area contributed by atoms with Crippen LogP contribution in [0.25, 0.3) is 0 Å². The van der Waals surface area contributed by atoms with Crippen molar-refractivity contribution in [1.29, 1.82) is 0 Å². The number of carbonyl (C=O) groups is 9. The van der Waals surface area contributed by atoms with E-state index in [1.165, 1.54) is 13.8 Å². The first-order chi connectivity index (χ1) is 64.7. The first-order valence-electron chi connectivity index (χ1n) is 43.1. The van der Waals surface area contributed by atoms with Gasteiger partial charge in [-0.25, -0.2) is 20.4 Å². The van der Waals surface area contributed by atoms with Crippen LogP contribution in [-0.2, 0) is 133 Å². The van der Waals surface area contributed by atoms with Crippen LogP contribution in [0.4, 0.5) is 9.59 Å². The maximum absolute atomic E-state index is 14.7. The van der Waals surface area contributed by atoms with Crippen molar-refractivity contribution in [1.82, 2.24) is 43.0 Å². The molecule has 792 valence electrons. The Hall–Kier alpha value is -5.14. The molecule has 9 aliphatic heterocycles. The minimum absolute atomic E-state index is 0. The zero-order valence-electron chi connectivity index (χ0n) is 76.5. The smallest absolute Gasteiger partial charge is 0.870 e. The Morgan fingerprint density at radius 2 is 0.636 bits per heavy atom. The van der Waals surface area contributed by atoms with E-state index in [9.17, 15) is 165 Å². The summed E-state index contributed by atoms with van der Waals surface area (Å²) in [5, 5.41) is 268. The van der Waals surface area contributed by atoms with Crippen molar-refractivity contribution in [2.24, 2.45) is 17.8 Å².